The fraction of sp³-hybridized carbons (Fsp3) is 0.286. The molecule has 136 valence electrons. The fourth-order valence-electron chi connectivity index (χ4n) is 2.39. The molecule has 0 bridgehead atoms. The molecule has 0 aromatic heterocycles. The highest BCUT2D eigenvalue weighted by Crippen LogP contribution is 2.22. The monoisotopic (exact) mass is 385 g/mol. The van der Waals surface area contributed by atoms with Crippen molar-refractivity contribution in [3.8, 4) is 6.07 Å². The van der Waals surface area contributed by atoms with Gasteiger partial charge in [-0.25, -0.2) is 0 Å². The Balaban J connectivity index is 0.000000195. The number of hydrogen-bond donors (Lipinski definition) is 2. The summed E-state index contributed by atoms with van der Waals surface area (Å²) in [5, 5.41) is 25.9. The van der Waals surface area contributed by atoms with Gasteiger partial charge in [-0.05, 0) is 37.3 Å². The van der Waals surface area contributed by atoms with Crippen LogP contribution in [0.5, 0.6) is 0 Å². The van der Waals surface area contributed by atoms with E-state index in [1.165, 1.54) is 19.3 Å². The molecule has 5 heteroatoms. The van der Waals surface area contributed by atoms with Crippen LogP contribution >= 0.6 is 24.4 Å². The maximum Gasteiger partial charge on any atom is 0.188 e. The molecule has 0 radical (unpaired) electrons. The molecule has 0 saturated heterocycles. The van der Waals surface area contributed by atoms with Crippen molar-refractivity contribution in [2.24, 2.45) is 5.92 Å². The van der Waals surface area contributed by atoms with Crippen LogP contribution in [0.15, 0.2) is 60.7 Å². The summed E-state index contributed by atoms with van der Waals surface area (Å²) in [5.41, 5.74) is 1.40. The zero-order chi connectivity index (χ0) is 19.2. The van der Waals surface area contributed by atoms with E-state index in [1.807, 2.05) is 36.4 Å². The summed E-state index contributed by atoms with van der Waals surface area (Å²) in [5.74, 6) is 0.392. The fourth-order valence-corrected chi connectivity index (χ4v) is 2.67. The predicted octanol–water partition coefficient (Wildman–Crippen LogP) is 5.93. The number of benzene rings is 2. The first kappa shape index (κ1) is 21.8. The predicted molar refractivity (Wildman–Crippen MR) is 114 cm³/mol. The lowest BCUT2D eigenvalue weighted by Gasteiger charge is -2.13. The quantitative estimate of drug-likeness (QED) is 0.627. The lowest BCUT2D eigenvalue weighted by atomic mass is 9.91. The number of thiocarbonyl (C=S) groups is 2. The first-order valence-electron chi connectivity index (χ1n) is 8.51. The second-order valence-corrected chi connectivity index (χ2v) is 6.58. The highest BCUT2D eigenvalue weighted by atomic mass is 32.1. The van der Waals surface area contributed by atoms with E-state index in [-0.39, 0.29) is 10.1 Å². The first-order chi connectivity index (χ1) is 12.5. The van der Waals surface area contributed by atoms with Crippen LogP contribution in [0.2, 0.25) is 0 Å². The van der Waals surface area contributed by atoms with Crippen molar-refractivity contribution < 1.29 is 10.2 Å². The van der Waals surface area contributed by atoms with Gasteiger partial charge in [-0.2, -0.15) is 5.26 Å². The van der Waals surface area contributed by atoms with E-state index in [0.29, 0.717) is 17.0 Å². The number of aliphatic hydroxyl groups excluding tert-OH is 2. The minimum atomic E-state index is -0.0457. The molecule has 0 aliphatic heterocycles. The standard InChI is InChI=1S/C7H11N.2C7H6OS/c8-6-7-4-2-1-3-5-7;2*8-7(9)6-4-2-1-3-5-6/h7H,1-5H2;2*1-5H,(H,8,9). The molecule has 0 amide bonds. The minimum absolute atomic E-state index is 0.0457. The molecule has 3 rings (SSSR count). The topological polar surface area (TPSA) is 64.2 Å². The molecule has 0 atom stereocenters. The van der Waals surface area contributed by atoms with Gasteiger partial charge in [0.05, 0.1) is 6.07 Å². The zero-order valence-electron chi connectivity index (χ0n) is 14.5. The van der Waals surface area contributed by atoms with Crippen molar-refractivity contribution in [2.45, 2.75) is 32.1 Å². The third-order valence-corrected chi connectivity index (χ3v) is 4.30. The van der Waals surface area contributed by atoms with Crippen molar-refractivity contribution in [3.05, 3.63) is 71.8 Å². The molecule has 0 unspecified atom stereocenters. The Labute approximate surface area is 165 Å². The Morgan fingerprint density at radius 3 is 1.38 bits per heavy atom. The van der Waals surface area contributed by atoms with Gasteiger partial charge in [0.15, 0.2) is 10.1 Å². The summed E-state index contributed by atoms with van der Waals surface area (Å²) in [6.07, 6.45) is 6.20. The van der Waals surface area contributed by atoms with Crippen LogP contribution in [0.4, 0.5) is 0 Å². The van der Waals surface area contributed by atoms with Gasteiger partial charge in [0.2, 0.25) is 0 Å². The van der Waals surface area contributed by atoms with Crippen molar-refractivity contribution in [1.29, 1.82) is 5.26 Å². The highest BCUT2D eigenvalue weighted by Gasteiger charge is 2.10. The SMILES string of the molecule is N#CC1CCCCC1.OC(=S)c1ccccc1.OC(=S)c1ccccc1. The average Bonchev–Trinajstić information content (AvgIpc) is 2.71. The molecule has 26 heavy (non-hydrogen) atoms. The molecule has 1 saturated carbocycles. The van der Waals surface area contributed by atoms with Crippen LogP contribution < -0.4 is 0 Å². The number of nitriles is 1. The third kappa shape index (κ3) is 9.26. The zero-order valence-corrected chi connectivity index (χ0v) is 16.2. The average molecular weight is 386 g/mol. The Kier molecular flexibility index (Phi) is 10.9. The van der Waals surface area contributed by atoms with Crippen LogP contribution in [0.3, 0.4) is 0 Å². The summed E-state index contributed by atoms with van der Waals surface area (Å²) in [7, 11) is 0. The Bertz CT molecular complexity index is 656. The molecule has 1 fully saturated rings. The molecule has 0 heterocycles. The molecule has 3 nitrogen and oxygen atoms in total. The van der Waals surface area contributed by atoms with Crippen LogP contribution in [-0.4, -0.2) is 20.3 Å². The van der Waals surface area contributed by atoms with Crippen molar-refractivity contribution >= 4 is 34.5 Å². The number of hydrogen-bond acceptors (Lipinski definition) is 3. The molecule has 1 aliphatic carbocycles. The van der Waals surface area contributed by atoms with Gasteiger partial charge in [0.1, 0.15) is 0 Å². The Hall–Kier alpha value is -2.29. The molecular weight excluding hydrogens is 362 g/mol. The lowest BCUT2D eigenvalue weighted by Crippen LogP contribution is -2.02. The largest absolute Gasteiger partial charge is 0.499 e. The van der Waals surface area contributed by atoms with Crippen LogP contribution in [0.1, 0.15) is 43.2 Å². The number of nitrogens with zero attached hydrogens (tertiary/aromatic N) is 1. The maximum atomic E-state index is 8.76. The number of aliphatic hydroxyl groups is 2. The summed E-state index contributed by atoms with van der Waals surface area (Å²) in [6, 6.07) is 20.4. The van der Waals surface area contributed by atoms with E-state index < -0.39 is 0 Å². The van der Waals surface area contributed by atoms with Gasteiger partial charge >= 0.3 is 0 Å². The molecule has 2 aromatic rings. The van der Waals surface area contributed by atoms with Gasteiger partial charge in [0, 0.05) is 17.0 Å². The molecule has 2 aromatic carbocycles. The second kappa shape index (κ2) is 13.0. The Morgan fingerprint density at radius 2 is 1.15 bits per heavy atom. The van der Waals surface area contributed by atoms with Crippen LogP contribution in [-0.2, 0) is 0 Å². The first-order valence-corrected chi connectivity index (χ1v) is 9.32. The summed E-state index contributed by atoms with van der Waals surface area (Å²) in [6.45, 7) is 0. The second-order valence-electron chi connectivity index (χ2n) is 5.81. The molecular formula is C21H23NO2S2. The lowest BCUT2D eigenvalue weighted by molar-refractivity contribution is 0.427. The van der Waals surface area contributed by atoms with Gasteiger partial charge < -0.3 is 10.2 Å². The third-order valence-electron chi connectivity index (χ3n) is 3.83. The summed E-state index contributed by atoms with van der Waals surface area (Å²) < 4.78 is 0. The van der Waals surface area contributed by atoms with Gasteiger partial charge in [-0.3, -0.25) is 0 Å². The summed E-state index contributed by atoms with van der Waals surface area (Å²) in [4.78, 5) is 0. The van der Waals surface area contributed by atoms with Crippen molar-refractivity contribution in [2.75, 3.05) is 0 Å². The van der Waals surface area contributed by atoms with E-state index in [0.717, 1.165) is 12.8 Å². The van der Waals surface area contributed by atoms with Crippen LogP contribution in [0, 0.1) is 17.2 Å². The van der Waals surface area contributed by atoms with Gasteiger partial charge in [-0.15, -0.1) is 0 Å². The number of rotatable bonds is 2. The Morgan fingerprint density at radius 1 is 0.769 bits per heavy atom. The minimum Gasteiger partial charge on any atom is -0.499 e. The van der Waals surface area contributed by atoms with E-state index in [4.69, 9.17) is 15.5 Å². The smallest absolute Gasteiger partial charge is 0.188 e. The summed E-state index contributed by atoms with van der Waals surface area (Å²) >= 11 is 9.04. The van der Waals surface area contributed by atoms with Crippen LogP contribution in [0.25, 0.3) is 0 Å². The van der Waals surface area contributed by atoms with Crippen molar-refractivity contribution in [3.63, 3.8) is 0 Å². The van der Waals surface area contributed by atoms with E-state index in [9.17, 15) is 0 Å². The van der Waals surface area contributed by atoms with Gasteiger partial charge in [-0.1, -0.05) is 79.9 Å². The highest BCUT2D eigenvalue weighted by molar-refractivity contribution is 7.80. The van der Waals surface area contributed by atoms with Gasteiger partial charge in [0.25, 0.3) is 0 Å². The molecule has 0 spiro atoms. The molecule has 1 aliphatic rings. The normalized spacial score (nSPS) is 13.0. The van der Waals surface area contributed by atoms with E-state index in [2.05, 4.69) is 30.5 Å². The van der Waals surface area contributed by atoms with E-state index >= 15 is 0 Å². The van der Waals surface area contributed by atoms with E-state index in [1.54, 1.807) is 24.3 Å². The molecule has 2 N–H and O–H groups in total. The maximum absolute atomic E-state index is 8.76. The van der Waals surface area contributed by atoms with Crippen molar-refractivity contribution in [1.82, 2.24) is 0 Å².